The van der Waals surface area contributed by atoms with Gasteiger partial charge in [0.25, 0.3) is 0 Å². The number of hydrogen-bond acceptors (Lipinski definition) is 2. The Morgan fingerprint density at radius 1 is 0.600 bits per heavy atom. The molecule has 0 amide bonds. The van der Waals surface area contributed by atoms with Gasteiger partial charge in [-0.3, -0.25) is 0 Å². The fraction of sp³-hybridized carbons (Fsp3) is 0.333. The highest BCUT2D eigenvalue weighted by Gasteiger charge is 2.46. The molecule has 2 heteroatoms. The molecule has 0 saturated carbocycles. The van der Waals surface area contributed by atoms with Crippen LogP contribution in [0, 0.1) is 0 Å². The van der Waals surface area contributed by atoms with E-state index in [1.165, 1.54) is 22.3 Å². The highest BCUT2D eigenvalue weighted by Crippen LogP contribution is 2.50. The quantitative estimate of drug-likeness (QED) is 0.824. The molecule has 0 N–H and O–H groups in total. The van der Waals surface area contributed by atoms with Gasteiger partial charge in [-0.25, -0.2) is 0 Å². The summed E-state index contributed by atoms with van der Waals surface area (Å²) in [4.78, 5) is 0. The van der Waals surface area contributed by atoms with Crippen molar-refractivity contribution < 1.29 is 9.47 Å². The summed E-state index contributed by atoms with van der Waals surface area (Å²) in [6, 6.07) is 16.7. The zero-order valence-electron chi connectivity index (χ0n) is 12.4. The lowest BCUT2D eigenvalue weighted by molar-refractivity contribution is -0.00360. The maximum atomic E-state index is 5.91. The van der Waals surface area contributed by atoms with Gasteiger partial charge in [-0.15, -0.1) is 0 Å². The third kappa shape index (κ3) is 1.52. The Morgan fingerprint density at radius 3 is 1.05 bits per heavy atom. The highest BCUT2D eigenvalue weighted by atomic mass is 16.5. The molecule has 2 aromatic carbocycles. The molecule has 0 fully saturated rings. The second-order valence-electron chi connectivity index (χ2n) is 5.57. The van der Waals surface area contributed by atoms with E-state index < -0.39 is 11.2 Å². The van der Waals surface area contributed by atoms with Gasteiger partial charge in [0.05, 0.1) is 0 Å². The van der Waals surface area contributed by atoms with Crippen LogP contribution in [-0.4, -0.2) is 14.2 Å². The van der Waals surface area contributed by atoms with Crippen molar-refractivity contribution in [3.63, 3.8) is 0 Å². The van der Waals surface area contributed by atoms with Gasteiger partial charge in [-0.2, -0.15) is 0 Å². The third-order valence-corrected chi connectivity index (χ3v) is 4.73. The Balaban J connectivity index is 2.41. The summed E-state index contributed by atoms with van der Waals surface area (Å²) in [6.07, 6.45) is 0. The lowest BCUT2D eigenvalue weighted by Gasteiger charge is -2.45. The average molecular weight is 268 g/mol. The molecule has 1 aliphatic rings. The molecular formula is C18H20O2. The van der Waals surface area contributed by atoms with Crippen LogP contribution in [0.1, 0.15) is 36.1 Å². The maximum absolute atomic E-state index is 5.91. The number of fused-ring (bicyclic) bond motifs is 2. The van der Waals surface area contributed by atoms with Crippen molar-refractivity contribution in [2.75, 3.05) is 14.2 Å². The van der Waals surface area contributed by atoms with Gasteiger partial charge in [-0.1, -0.05) is 48.5 Å². The summed E-state index contributed by atoms with van der Waals surface area (Å²) < 4.78 is 11.8. The minimum absolute atomic E-state index is 0.439. The summed E-state index contributed by atoms with van der Waals surface area (Å²) in [6.45, 7) is 4.25. The van der Waals surface area contributed by atoms with Gasteiger partial charge < -0.3 is 9.47 Å². The summed E-state index contributed by atoms with van der Waals surface area (Å²) in [5.74, 6) is 0. The van der Waals surface area contributed by atoms with E-state index in [1.807, 2.05) is 0 Å². The van der Waals surface area contributed by atoms with Crippen LogP contribution in [0.5, 0.6) is 0 Å². The number of ether oxygens (including phenoxy) is 2. The van der Waals surface area contributed by atoms with Crippen LogP contribution in [0.15, 0.2) is 48.5 Å². The molecule has 0 bridgehead atoms. The molecule has 1 aliphatic carbocycles. The van der Waals surface area contributed by atoms with E-state index in [0.717, 1.165) is 0 Å². The first-order chi connectivity index (χ1) is 9.58. The first-order valence-corrected chi connectivity index (χ1v) is 6.88. The molecule has 2 nitrogen and oxygen atoms in total. The van der Waals surface area contributed by atoms with Crippen molar-refractivity contribution in [3.05, 3.63) is 70.8 Å². The fourth-order valence-corrected chi connectivity index (χ4v) is 3.36. The summed E-state index contributed by atoms with van der Waals surface area (Å²) in [7, 11) is 3.53. The zero-order chi connectivity index (χ0) is 14.4. The smallest absolute Gasteiger partial charge is 0.116 e. The van der Waals surface area contributed by atoms with E-state index in [0.29, 0.717) is 0 Å². The Labute approximate surface area is 120 Å². The van der Waals surface area contributed by atoms with E-state index in [2.05, 4.69) is 62.4 Å². The van der Waals surface area contributed by atoms with Crippen molar-refractivity contribution >= 4 is 0 Å². The van der Waals surface area contributed by atoms with Crippen molar-refractivity contribution in [2.24, 2.45) is 0 Å². The first kappa shape index (κ1) is 13.3. The molecule has 0 unspecified atom stereocenters. The predicted octanol–water partition coefficient (Wildman–Crippen LogP) is 3.82. The Kier molecular flexibility index (Phi) is 2.96. The molecule has 3 rings (SSSR count). The molecule has 104 valence electrons. The third-order valence-electron chi connectivity index (χ3n) is 4.73. The highest BCUT2D eigenvalue weighted by molar-refractivity contribution is 5.56. The van der Waals surface area contributed by atoms with Crippen LogP contribution < -0.4 is 0 Å². The Bertz CT molecular complexity index is 542. The van der Waals surface area contributed by atoms with Gasteiger partial charge in [0.1, 0.15) is 11.2 Å². The van der Waals surface area contributed by atoms with Crippen LogP contribution in [-0.2, 0) is 20.7 Å². The van der Waals surface area contributed by atoms with Gasteiger partial charge >= 0.3 is 0 Å². The van der Waals surface area contributed by atoms with E-state index in [1.54, 1.807) is 14.2 Å². The van der Waals surface area contributed by atoms with Gasteiger partial charge in [0.2, 0.25) is 0 Å². The van der Waals surface area contributed by atoms with Gasteiger partial charge in [0, 0.05) is 14.2 Å². The van der Waals surface area contributed by atoms with E-state index >= 15 is 0 Å². The molecule has 20 heavy (non-hydrogen) atoms. The monoisotopic (exact) mass is 268 g/mol. The molecule has 0 radical (unpaired) electrons. The van der Waals surface area contributed by atoms with Crippen LogP contribution in [0.3, 0.4) is 0 Å². The minimum Gasteiger partial charge on any atom is -0.369 e. The summed E-state index contributed by atoms with van der Waals surface area (Å²) >= 11 is 0. The average Bonchev–Trinajstić information content (AvgIpc) is 2.52. The Hall–Kier alpha value is -1.64. The normalized spacial score (nSPS) is 27.8. The molecule has 0 heterocycles. The minimum atomic E-state index is -0.439. The van der Waals surface area contributed by atoms with Gasteiger partial charge in [-0.05, 0) is 36.1 Å². The topological polar surface area (TPSA) is 18.5 Å². The summed E-state index contributed by atoms with van der Waals surface area (Å²) in [5.41, 5.74) is 3.81. The fourth-order valence-electron chi connectivity index (χ4n) is 3.36. The number of rotatable bonds is 2. The van der Waals surface area contributed by atoms with Crippen molar-refractivity contribution in [3.8, 4) is 0 Å². The number of benzene rings is 2. The lowest BCUT2D eigenvalue weighted by atomic mass is 9.69. The second-order valence-corrected chi connectivity index (χ2v) is 5.57. The molecule has 0 saturated heterocycles. The standard InChI is InChI=1S/C18H20O2/c1-17(19-3)13-9-5-7-11-15(13)18(2,20-4)16-12-8-6-10-14(16)17/h5-12H,1-4H3. The van der Waals surface area contributed by atoms with Crippen LogP contribution in [0.25, 0.3) is 0 Å². The zero-order valence-corrected chi connectivity index (χ0v) is 12.4. The molecule has 0 aromatic heterocycles. The molecule has 2 aromatic rings. The first-order valence-electron chi connectivity index (χ1n) is 6.88. The van der Waals surface area contributed by atoms with E-state index in [4.69, 9.17) is 9.47 Å². The second kappa shape index (κ2) is 4.44. The Morgan fingerprint density at radius 2 is 0.850 bits per heavy atom. The SMILES string of the molecule is COC1(C)c2ccccc2C(C)(OC)c2ccccc21. The van der Waals surface area contributed by atoms with E-state index in [-0.39, 0.29) is 0 Å². The summed E-state index contributed by atoms with van der Waals surface area (Å²) in [5, 5.41) is 0. The number of hydrogen-bond donors (Lipinski definition) is 0. The predicted molar refractivity (Wildman–Crippen MR) is 79.8 cm³/mol. The van der Waals surface area contributed by atoms with Crippen LogP contribution in [0.2, 0.25) is 0 Å². The van der Waals surface area contributed by atoms with Gasteiger partial charge in [0.15, 0.2) is 0 Å². The van der Waals surface area contributed by atoms with Crippen LogP contribution in [0.4, 0.5) is 0 Å². The molecule has 0 aliphatic heterocycles. The van der Waals surface area contributed by atoms with E-state index in [9.17, 15) is 0 Å². The molecule has 0 spiro atoms. The lowest BCUT2D eigenvalue weighted by Crippen LogP contribution is -2.41. The largest absolute Gasteiger partial charge is 0.369 e. The number of methoxy groups -OCH3 is 2. The van der Waals surface area contributed by atoms with Crippen LogP contribution >= 0.6 is 0 Å². The van der Waals surface area contributed by atoms with Crippen molar-refractivity contribution in [1.29, 1.82) is 0 Å². The van der Waals surface area contributed by atoms with Crippen molar-refractivity contribution in [1.82, 2.24) is 0 Å². The molecular weight excluding hydrogens is 248 g/mol. The molecule has 0 atom stereocenters. The maximum Gasteiger partial charge on any atom is 0.116 e. The van der Waals surface area contributed by atoms with Crippen molar-refractivity contribution in [2.45, 2.75) is 25.0 Å².